The molecule has 8 heteroatoms. The van der Waals surface area contributed by atoms with Crippen molar-refractivity contribution in [2.24, 2.45) is 0 Å². The molecule has 0 unspecified atom stereocenters. The van der Waals surface area contributed by atoms with E-state index in [1.807, 2.05) is 0 Å². The first kappa shape index (κ1) is 11.7. The van der Waals surface area contributed by atoms with Gasteiger partial charge in [-0.05, 0) is 25.0 Å². The van der Waals surface area contributed by atoms with Gasteiger partial charge in [0.1, 0.15) is 17.5 Å². The number of hydrogen-bond donors (Lipinski definition) is 2. The Morgan fingerprint density at radius 3 is 2.79 bits per heavy atom. The fraction of sp³-hybridized carbons (Fsp3) is 0.273. The van der Waals surface area contributed by atoms with E-state index in [-0.39, 0.29) is 11.0 Å². The van der Waals surface area contributed by atoms with Crippen molar-refractivity contribution >= 4 is 23.2 Å². The summed E-state index contributed by atoms with van der Waals surface area (Å²) in [6.45, 7) is 0. The Bertz CT molecular complexity index is 651. The molecule has 2 aromatic heterocycles. The number of anilines is 2. The van der Waals surface area contributed by atoms with Gasteiger partial charge in [0, 0.05) is 6.04 Å². The molecule has 0 radical (unpaired) electrons. The zero-order valence-electron chi connectivity index (χ0n) is 9.84. The monoisotopic (exact) mass is 275 g/mol. The largest absolute Gasteiger partial charge is 0.382 e. The van der Waals surface area contributed by atoms with Crippen molar-refractivity contribution in [1.29, 1.82) is 5.26 Å². The maximum Gasteiger partial charge on any atom is 0.178 e. The standard InChI is InChI=1S/C11H10ClN7/c12-8-3-4-9(17-16-8)19-10(14)7(5-13)11(18-19)15-6-1-2-6/h3-4,6H,1-2,14H2,(H,15,18). The third kappa shape index (κ3) is 2.18. The topological polar surface area (TPSA) is 105 Å². The minimum atomic E-state index is 0.238. The normalized spacial score (nSPS) is 14.1. The van der Waals surface area contributed by atoms with Crippen LogP contribution in [-0.2, 0) is 0 Å². The molecule has 19 heavy (non-hydrogen) atoms. The summed E-state index contributed by atoms with van der Waals surface area (Å²) in [5, 5.41) is 24.5. The van der Waals surface area contributed by atoms with Crippen LogP contribution in [0.3, 0.4) is 0 Å². The van der Waals surface area contributed by atoms with E-state index >= 15 is 0 Å². The van der Waals surface area contributed by atoms with Gasteiger partial charge in [-0.15, -0.1) is 15.3 Å². The Kier molecular flexibility index (Phi) is 2.72. The molecule has 0 atom stereocenters. The molecular weight excluding hydrogens is 266 g/mol. The van der Waals surface area contributed by atoms with E-state index in [9.17, 15) is 0 Å². The third-order valence-corrected chi connectivity index (χ3v) is 2.99. The molecule has 0 aliphatic heterocycles. The molecule has 0 spiro atoms. The van der Waals surface area contributed by atoms with Gasteiger partial charge in [-0.25, -0.2) is 0 Å². The summed E-state index contributed by atoms with van der Waals surface area (Å²) in [6.07, 6.45) is 2.16. The summed E-state index contributed by atoms with van der Waals surface area (Å²) in [5.74, 6) is 1.14. The average molecular weight is 276 g/mol. The lowest BCUT2D eigenvalue weighted by atomic mass is 10.3. The molecule has 7 nitrogen and oxygen atoms in total. The van der Waals surface area contributed by atoms with Gasteiger partial charge in [-0.2, -0.15) is 9.94 Å². The maximum atomic E-state index is 9.16. The molecule has 96 valence electrons. The highest BCUT2D eigenvalue weighted by atomic mass is 35.5. The number of halogens is 1. The number of nitrogens with zero attached hydrogens (tertiary/aromatic N) is 5. The summed E-state index contributed by atoms with van der Waals surface area (Å²) in [6, 6.07) is 5.66. The lowest BCUT2D eigenvalue weighted by molar-refractivity contribution is 0.822. The Labute approximate surface area is 114 Å². The van der Waals surface area contributed by atoms with Crippen LogP contribution in [0.15, 0.2) is 12.1 Å². The second-order valence-electron chi connectivity index (χ2n) is 4.27. The van der Waals surface area contributed by atoms with Crippen molar-refractivity contribution in [3.63, 3.8) is 0 Å². The molecule has 2 heterocycles. The van der Waals surface area contributed by atoms with E-state index in [1.165, 1.54) is 4.68 Å². The van der Waals surface area contributed by atoms with Crippen LogP contribution in [0.4, 0.5) is 11.6 Å². The van der Waals surface area contributed by atoms with E-state index in [4.69, 9.17) is 22.6 Å². The van der Waals surface area contributed by atoms with E-state index < -0.39 is 0 Å². The van der Waals surface area contributed by atoms with Gasteiger partial charge in [0.25, 0.3) is 0 Å². The Hall–Kier alpha value is -2.33. The molecule has 1 fully saturated rings. The number of nitriles is 1. The molecule has 1 saturated carbocycles. The highest BCUT2D eigenvalue weighted by molar-refractivity contribution is 6.29. The van der Waals surface area contributed by atoms with Crippen molar-refractivity contribution in [3.8, 4) is 11.9 Å². The summed E-state index contributed by atoms with van der Waals surface area (Å²) >= 11 is 5.68. The van der Waals surface area contributed by atoms with Crippen LogP contribution in [0.5, 0.6) is 0 Å². The average Bonchev–Trinajstić information content (AvgIpc) is 3.15. The van der Waals surface area contributed by atoms with Crippen molar-refractivity contribution < 1.29 is 0 Å². The number of hydrogen-bond acceptors (Lipinski definition) is 6. The second-order valence-corrected chi connectivity index (χ2v) is 4.65. The van der Waals surface area contributed by atoms with Gasteiger partial charge in [-0.3, -0.25) is 0 Å². The molecule has 1 aliphatic carbocycles. The number of nitrogens with two attached hydrogens (primary N) is 1. The lowest BCUT2D eigenvalue weighted by Crippen LogP contribution is -2.06. The zero-order chi connectivity index (χ0) is 13.4. The van der Waals surface area contributed by atoms with Crippen LogP contribution in [0.1, 0.15) is 18.4 Å². The molecule has 3 N–H and O–H groups in total. The minimum absolute atomic E-state index is 0.238. The smallest absolute Gasteiger partial charge is 0.178 e. The van der Waals surface area contributed by atoms with Crippen molar-refractivity contribution in [2.45, 2.75) is 18.9 Å². The van der Waals surface area contributed by atoms with Crippen LogP contribution in [0, 0.1) is 11.3 Å². The van der Waals surface area contributed by atoms with Crippen molar-refractivity contribution in [2.75, 3.05) is 11.1 Å². The van der Waals surface area contributed by atoms with E-state index in [2.05, 4.69) is 26.7 Å². The van der Waals surface area contributed by atoms with E-state index in [1.54, 1.807) is 12.1 Å². The number of aromatic nitrogens is 4. The molecule has 0 saturated heterocycles. The maximum absolute atomic E-state index is 9.16. The molecule has 0 amide bonds. The minimum Gasteiger partial charge on any atom is -0.382 e. The van der Waals surface area contributed by atoms with Crippen molar-refractivity contribution in [3.05, 3.63) is 22.8 Å². The quantitative estimate of drug-likeness (QED) is 0.876. The van der Waals surface area contributed by atoms with Crippen LogP contribution in [0.2, 0.25) is 5.15 Å². The summed E-state index contributed by atoms with van der Waals surface area (Å²) < 4.78 is 1.38. The highest BCUT2D eigenvalue weighted by Crippen LogP contribution is 2.29. The predicted molar refractivity (Wildman–Crippen MR) is 69.9 cm³/mol. The Balaban J connectivity index is 2.03. The second kappa shape index (κ2) is 4.40. The van der Waals surface area contributed by atoms with Crippen LogP contribution in [0.25, 0.3) is 5.82 Å². The van der Waals surface area contributed by atoms with Crippen molar-refractivity contribution in [1.82, 2.24) is 20.0 Å². The number of nitrogens with one attached hydrogen (secondary N) is 1. The number of nitrogen functional groups attached to an aromatic ring is 1. The van der Waals surface area contributed by atoms with Gasteiger partial charge < -0.3 is 11.1 Å². The third-order valence-electron chi connectivity index (χ3n) is 2.79. The Morgan fingerprint density at radius 2 is 2.21 bits per heavy atom. The predicted octanol–water partition coefficient (Wildman–Crippen LogP) is 1.34. The first-order valence-electron chi connectivity index (χ1n) is 5.74. The first-order valence-corrected chi connectivity index (χ1v) is 6.11. The van der Waals surface area contributed by atoms with Gasteiger partial charge in [-0.1, -0.05) is 11.6 Å². The molecule has 0 bridgehead atoms. The lowest BCUT2D eigenvalue weighted by Gasteiger charge is -2.01. The van der Waals surface area contributed by atoms with Gasteiger partial charge in [0.15, 0.2) is 16.8 Å². The van der Waals surface area contributed by atoms with E-state index in [0.29, 0.717) is 23.2 Å². The Morgan fingerprint density at radius 1 is 1.42 bits per heavy atom. The summed E-state index contributed by atoms with van der Waals surface area (Å²) in [5.41, 5.74) is 6.24. The summed E-state index contributed by atoms with van der Waals surface area (Å²) in [7, 11) is 0. The summed E-state index contributed by atoms with van der Waals surface area (Å²) in [4.78, 5) is 0. The zero-order valence-corrected chi connectivity index (χ0v) is 10.6. The van der Waals surface area contributed by atoms with Gasteiger partial charge >= 0.3 is 0 Å². The van der Waals surface area contributed by atoms with Crippen LogP contribution < -0.4 is 11.1 Å². The molecule has 3 rings (SSSR count). The SMILES string of the molecule is N#Cc1c(NC2CC2)nn(-c2ccc(Cl)nn2)c1N. The molecule has 0 aromatic carbocycles. The van der Waals surface area contributed by atoms with Crippen LogP contribution in [-0.4, -0.2) is 26.0 Å². The van der Waals surface area contributed by atoms with Crippen LogP contribution >= 0.6 is 11.6 Å². The van der Waals surface area contributed by atoms with Gasteiger partial charge in [0.05, 0.1) is 0 Å². The van der Waals surface area contributed by atoms with E-state index in [0.717, 1.165) is 12.8 Å². The fourth-order valence-corrected chi connectivity index (χ4v) is 1.76. The van der Waals surface area contributed by atoms with Gasteiger partial charge in [0.2, 0.25) is 0 Å². The molecule has 1 aliphatic rings. The fourth-order valence-electron chi connectivity index (χ4n) is 1.66. The number of rotatable bonds is 3. The molecular formula is C11H10ClN7. The molecule has 2 aromatic rings. The highest BCUT2D eigenvalue weighted by Gasteiger charge is 2.25. The first-order chi connectivity index (χ1) is 9.19.